The summed E-state index contributed by atoms with van der Waals surface area (Å²) in [6, 6.07) is 5.33. The van der Waals surface area contributed by atoms with E-state index in [0.29, 0.717) is 29.1 Å². The molecule has 1 unspecified atom stereocenters. The quantitative estimate of drug-likeness (QED) is 0.900. The molecule has 1 aromatic carbocycles. The fraction of sp³-hybridized carbons (Fsp3) is 0.429. The van der Waals surface area contributed by atoms with Crippen molar-refractivity contribution >= 4 is 0 Å². The molecular formula is C14H17N3O3. The average molecular weight is 275 g/mol. The van der Waals surface area contributed by atoms with Crippen LogP contribution in [0.2, 0.25) is 0 Å². The molecule has 0 aliphatic heterocycles. The van der Waals surface area contributed by atoms with Crippen molar-refractivity contribution in [2.24, 2.45) is 11.7 Å². The number of aromatic nitrogens is 2. The molecule has 1 aliphatic carbocycles. The molecule has 0 radical (unpaired) electrons. The van der Waals surface area contributed by atoms with E-state index >= 15 is 0 Å². The first-order chi connectivity index (χ1) is 9.72. The minimum Gasteiger partial charge on any atom is -0.493 e. The summed E-state index contributed by atoms with van der Waals surface area (Å²) in [7, 11) is 3.18. The number of benzene rings is 1. The molecule has 3 rings (SSSR count). The molecule has 0 amide bonds. The Labute approximate surface area is 116 Å². The lowest BCUT2D eigenvalue weighted by molar-refractivity contribution is 0.354. The summed E-state index contributed by atoms with van der Waals surface area (Å²) >= 11 is 0. The molecule has 6 heteroatoms. The van der Waals surface area contributed by atoms with Crippen LogP contribution in [-0.4, -0.2) is 24.4 Å². The molecule has 0 spiro atoms. The van der Waals surface area contributed by atoms with Crippen molar-refractivity contribution in [2.75, 3.05) is 14.2 Å². The summed E-state index contributed by atoms with van der Waals surface area (Å²) in [5, 5.41) is 3.97. The van der Waals surface area contributed by atoms with E-state index in [4.69, 9.17) is 19.7 Å². The van der Waals surface area contributed by atoms with Gasteiger partial charge in [-0.25, -0.2) is 0 Å². The Morgan fingerprint density at radius 3 is 2.65 bits per heavy atom. The van der Waals surface area contributed by atoms with Crippen LogP contribution in [0.3, 0.4) is 0 Å². The van der Waals surface area contributed by atoms with E-state index in [1.54, 1.807) is 26.4 Å². The fourth-order valence-corrected chi connectivity index (χ4v) is 2.12. The normalized spacial score (nSPS) is 15.9. The molecule has 2 N–H and O–H groups in total. The van der Waals surface area contributed by atoms with Gasteiger partial charge in [0.15, 0.2) is 17.3 Å². The summed E-state index contributed by atoms with van der Waals surface area (Å²) in [6.45, 7) is 0. The van der Waals surface area contributed by atoms with Crippen LogP contribution in [-0.2, 0) is 0 Å². The van der Waals surface area contributed by atoms with Crippen LogP contribution in [0.15, 0.2) is 22.7 Å². The zero-order valence-electron chi connectivity index (χ0n) is 11.5. The smallest absolute Gasteiger partial charge is 0.258 e. The number of hydrogen-bond acceptors (Lipinski definition) is 6. The highest BCUT2D eigenvalue weighted by atomic mass is 16.5. The first-order valence-electron chi connectivity index (χ1n) is 6.54. The summed E-state index contributed by atoms with van der Waals surface area (Å²) in [5.74, 6) is 2.78. The van der Waals surface area contributed by atoms with E-state index in [-0.39, 0.29) is 6.04 Å². The molecule has 20 heavy (non-hydrogen) atoms. The Hall–Kier alpha value is -2.08. The highest BCUT2D eigenvalue weighted by Crippen LogP contribution is 2.39. The lowest BCUT2D eigenvalue weighted by Crippen LogP contribution is -2.13. The fourth-order valence-electron chi connectivity index (χ4n) is 2.12. The molecule has 1 heterocycles. The minimum atomic E-state index is -0.132. The molecule has 1 atom stereocenters. The molecule has 0 saturated heterocycles. The van der Waals surface area contributed by atoms with E-state index < -0.39 is 0 Å². The predicted molar refractivity (Wildman–Crippen MR) is 72.5 cm³/mol. The van der Waals surface area contributed by atoms with Gasteiger partial charge in [0, 0.05) is 5.56 Å². The summed E-state index contributed by atoms with van der Waals surface area (Å²) in [4.78, 5) is 4.37. The Morgan fingerprint density at radius 1 is 1.25 bits per heavy atom. The maximum atomic E-state index is 6.06. The molecule has 1 saturated carbocycles. The first kappa shape index (κ1) is 12.9. The van der Waals surface area contributed by atoms with Crippen LogP contribution < -0.4 is 15.2 Å². The van der Waals surface area contributed by atoms with Gasteiger partial charge in [-0.15, -0.1) is 0 Å². The zero-order chi connectivity index (χ0) is 14.1. The maximum absolute atomic E-state index is 6.06. The minimum absolute atomic E-state index is 0.132. The number of methoxy groups -OCH3 is 2. The van der Waals surface area contributed by atoms with E-state index in [0.717, 1.165) is 18.4 Å². The Bertz CT molecular complexity index is 607. The molecule has 1 aliphatic rings. The van der Waals surface area contributed by atoms with Gasteiger partial charge in [-0.3, -0.25) is 0 Å². The SMILES string of the molecule is COc1ccc(-c2nc(C(N)C3CC3)no2)cc1OC. The van der Waals surface area contributed by atoms with Crippen molar-refractivity contribution in [3.05, 3.63) is 24.0 Å². The molecule has 6 nitrogen and oxygen atoms in total. The van der Waals surface area contributed by atoms with Gasteiger partial charge in [0.2, 0.25) is 0 Å². The van der Waals surface area contributed by atoms with Crippen LogP contribution in [0.1, 0.15) is 24.7 Å². The van der Waals surface area contributed by atoms with Crippen molar-refractivity contribution in [2.45, 2.75) is 18.9 Å². The van der Waals surface area contributed by atoms with E-state index in [1.165, 1.54) is 0 Å². The second-order valence-corrected chi connectivity index (χ2v) is 4.89. The molecule has 0 bridgehead atoms. The summed E-state index contributed by atoms with van der Waals surface area (Å²) in [5.41, 5.74) is 6.85. The third-order valence-corrected chi connectivity index (χ3v) is 3.50. The molecule has 106 valence electrons. The van der Waals surface area contributed by atoms with Crippen LogP contribution in [0.25, 0.3) is 11.5 Å². The second kappa shape index (κ2) is 5.13. The van der Waals surface area contributed by atoms with Crippen molar-refractivity contribution in [3.63, 3.8) is 0 Å². The van der Waals surface area contributed by atoms with Crippen LogP contribution in [0, 0.1) is 5.92 Å². The van der Waals surface area contributed by atoms with Crippen molar-refractivity contribution in [1.82, 2.24) is 10.1 Å². The number of rotatable bonds is 5. The zero-order valence-corrected chi connectivity index (χ0v) is 11.5. The number of nitrogens with two attached hydrogens (primary N) is 1. The van der Waals surface area contributed by atoms with Crippen LogP contribution in [0.4, 0.5) is 0 Å². The van der Waals surface area contributed by atoms with Gasteiger partial charge in [0.1, 0.15) is 0 Å². The summed E-state index contributed by atoms with van der Waals surface area (Å²) in [6.07, 6.45) is 2.28. The number of ether oxygens (including phenoxy) is 2. The van der Waals surface area contributed by atoms with Crippen LogP contribution in [0.5, 0.6) is 11.5 Å². The lowest BCUT2D eigenvalue weighted by Gasteiger charge is -2.07. The standard InChI is InChI=1S/C14H17N3O3/c1-18-10-6-5-9(7-11(10)19-2)14-16-13(17-20-14)12(15)8-3-4-8/h5-8,12H,3-4,15H2,1-2H3. The van der Waals surface area contributed by atoms with Crippen LogP contribution >= 0.6 is 0 Å². The van der Waals surface area contributed by atoms with Crippen molar-refractivity contribution in [1.29, 1.82) is 0 Å². The number of hydrogen-bond donors (Lipinski definition) is 1. The second-order valence-electron chi connectivity index (χ2n) is 4.89. The van der Waals surface area contributed by atoms with E-state index in [2.05, 4.69) is 10.1 Å². The molecular weight excluding hydrogens is 258 g/mol. The summed E-state index contributed by atoms with van der Waals surface area (Å²) < 4.78 is 15.7. The predicted octanol–water partition coefficient (Wildman–Crippen LogP) is 2.16. The van der Waals surface area contributed by atoms with Gasteiger partial charge in [0.25, 0.3) is 5.89 Å². The van der Waals surface area contributed by atoms with Gasteiger partial charge >= 0.3 is 0 Å². The van der Waals surface area contributed by atoms with Gasteiger partial charge < -0.3 is 19.7 Å². The Morgan fingerprint density at radius 2 is 2.00 bits per heavy atom. The molecule has 1 fully saturated rings. The topological polar surface area (TPSA) is 83.4 Å². The highest BCUT2D eigenvalue weighted by molar-refractivity contribution is 5.59. The molecule has 2 aromatic rings. The third kappa shape index (κ3) is 2.34. The van der Waals surface area contributed by atoms with Gasteiger partial charge in [0.05, 0.1) is 20.3 Å². The molecule has 1 aromatic heterocycles. The Kier molecular flexibility index (Phi) is 3.31. The maximum Gasteiger partial charge on any atom is 0.258 e. The van der Waals surface area contributed by atoms with E-state index in [9.17, 15) is 0 Å². The van der Waals surface area contributed by atoms with Crippen molar-refractivity contribution in [3.8, 4) is 23.0 Å². The highest BCUT2D eigenvalue weighted by Gasteiger charge is 2.32. The van der Waals surface area contributed by atoms with E-state index in [1.807, 2.05) is 6.07 Å². The third-order valence-electron chi connectivity index (χ3n) is 3.50. The monoisotopic (exact) mass is 275 g/mol. The lowest BCUT2D eigenvalue weighted by atomic mass is 10.2. The van der Waals surface area contributed by atoms with Crippen molar-refractivity contribution < 1.29 is 14.0 Å². The largest absolute Gasteiger partial charge is 0.493 e. The van der Waals surface area contributed by atoms with Gasteiger partial charge in [-0.2, -0.15) is 4.98 Å². The number of nitrogens with zero attached hydrogens (tertiary/aromatic N) is 2. The van der Waals surface area contributed by atoms with Gasteiger partial charge in [-0.05, 0) is 37.0 Å². The van der Waals surface area contributed by atoms with Gasteiger partial charge in [-0.1, -0.05) is 5.16 Å². The average Bonchev–Trinajstić information content (AvgIpc) is 3.22. The Balaban J connectivity index is 1.88. The first-order valence-corrected chi connectivity index (χ1v) is 6.54.